The summed E-state index contributed by atoms with van der Waals surface area (Å²) in [5.74, 6) is -0.146. The Morgan fingerprint density at radius 1 is 1.21 bits per heavy atom. The van der Waals surface area contributed by atoms with Crippen LogP contribution in [0.15, 0.2) is 36.5 Å². The lowest BCUT2D eigenvalue weighted by atomic mass is 10.2. The second-order valence-corrected chi connectivity index (χ2v) is 7.84. The van der Waals surface area contributed by atoms with Crippen LogP contribution in [0.2, 0.25) is 0 Å². The molecule has 0 unspecified atom stereocenters. The van der Waals surface area contributed by atoms with Gasteiger partial charge < -0.3 is 10.5 Å². The molecule has 0 radical (unpaired) electrons. The van der Waals surface area contributed by atoms with Gasteiger partial charge in [-0.2, -0.15) is 0 Å². The van der Waals surface area contributed by atoms with Gasteiger partial charge in [-0.3, -0.25) is 4.98 Å². The van der Waals surface area contributed by atoms with Crippen LogP contribution in [0, 0.1) is 0 Å². The largest absolute Gasteiger partial charge is 0.377 e. The van der Waals surface area contributed by atoms with E-state index in [2.05, 4.69) is 4.98 Å². The number of pyridine rings is 1. The zero-order valence-corrected chi connectivity index (χ0v) is 16.2. The molecule has 136 valence electrons. The van der Waals surface area contributed by atoms with Crippen LogP contribution in [0.3, 0.4) is 0 Å². The van der Waals surface area contributed by atoms with Crippen molar-refractivity contribution in [3.63, 3.8) is 0 Å². The van der Waals surface area contributed by atoms with E-state index in [1.807, 2.05) is 44.2 Å². The lowest BCUT2D eigenvalue weighted by molar-refractivity contribution is 0.0717. The third-order valence-electron chi connectivity index (χ3n) is 3.15. The Bertz CT molecular complexity index is 739. The van der Waals surface area contributed by atoms with Crippen LogP contribution in [0.25, 0.3) is 10.9 Å². The number of rotatable bonds is 7. The normalized spacial score (nSPS) is 12.5. The minimum Gasteiger partial charge on any atom is -0.377 e. The van der Waals surface area contributed by atoms with E-state index in [1.54, 1.807) is 6.20 Å². The quantitative estimate of drug-likeness (QED) is 0.780. The number of para-hydroxylation sites is 1. The third kappa shape index (κ3) is 7.32. The Balaban J connectivity index is 0.00000264. The van der Waals surface area contributed by atoms with Crippen LogP contribution in [0.1, 0.15) is 19.4 Å². The predicted molar refractivity (Wildman–Crippen MR) is 103 cm³/mol. The minimum atomic E-state index is -3.30. The number of benzene rings is 1. The number of nitrogens with two attached hydrogens (primary N) is 1. The number of halogens is 2. The van der Waals surface area contributed by atoms with Crippen LogP contribution in [-0.2, 0) is 20.3 Å². The topological polar surface area (TPSA) is 82.3 Å². The maximum absolute atomic E-state index is 12.2. The molecule has 1 aromatic carbocycles. The molecule has 5 nitrogen and oxygen atoms in total. The molecule has 8 heteroatoms. The van der Waals surface area contributed by atoms with E-state index < -0.39 is 15.9 Å². The van der Waals surface area contributed by atoms with Crippen molar-refractivity contribution in [3.8, 4) is 0 Å². The first-order valence-corrected chi connectivity index (χ1v) is 9.09. The molecule has 2 rings (SSSR count). The molecule has 2 aromatic rings. The number of aromatic nitrogens is 1. The standard InChI is InChI=1S/C16H22N2O3S.2ClH/c1-12(2)21-9-15(17)11-22(19,20)10-13-7-14-5-3-4-6-16(14)18-8-13;;/h3-8,12,15H,9-11,17H2,1-2H3;2*1H/t15-;;/m0../s1. The van der Waals surface area contributed by atoms with Crippen molar-refractivity contribution >= 4 is 45.6 Å². The summed E-state index contributed by atoms with van der Waals surface area (Å²) < 4.78 is 29.8. The fourth-order valence-electron chi connectivity index (χ4n) is 2.20. The van der Waals surface area contributed by atoms with Gasteiger partial charge in [0.05, 0.1) is 29.7 Å². The van der Waals surface area contributed by atoms with Crippen molar-refractivity contribution in [2.45, 2.75) is 31.7 Å². The summed E-state index contributed by atoms with van der Waals surface area (Å²) in [5, 5.41) is 0.933. The van der Waals surface area contributed by atoms with Gasteiger partial charge in [-0.15, -0.1) is 24.8 Å². The van der Waals surface area contributed by atoms with Crippen molar-refractivity contribution < 1.29 is 13.2 Å². The molecular formula is C16H24Cl2N2O3S. The number of ether oxygens (including phenoxy) is 1. The lowest BCUT2D eigenvalue weighted by Crippen LogP contribution is -2.35. The van der Waals surface area contributed by atoms with E-state index in [9.17, 15) is 8.42 Å². The minimum absolute atomic E-state index is 0. The van der Waals surface area contributed by atoms with Crippen molar-refractivity contribution in [2.24, 2.45) is 5.73 Å². The Hall–Kier alpha value is -0.920. The molecule has 1 heterocycles. The van der Waals surface area contributed by atoms with E-state index in [-0.39, 0.29) is 49.0 Å². The molecular weight excluding hydrogens is 371 g/mol. The Morgan fingerprint density at radius 2 is 1.88 bits per heavy atom. The number of nitrogens with zero attached hydrogens (tertiary/aromatic N) is 1. The summed E-state index contributed by atoms with van der Waals surface area (Å²) in [5.41, 5.74) is 7.36. The average molecular weight is 395 g/mol. The molecule has 1 atom stereocenters. The molecule has 0 saturated heterocycles. The fraction of sp³-hybridized carbons (Fsp3) is 0.438. The van der Waals surface area contributed by atoms with E-state index in [0.717, 1.165) is 10.9 Å². The third-order valence-corrected chi connectivity index (χ3v) is 4.85. The number of hydrogen-bond acceptors (Lipinski definition) is 5. The first-order valence-electron chi connectivity index (χ1n) is 7.27. The van der Waals surface area contributed by atoms with Crippen LogP contribution >= 0.6 is 24.8 Å². The zero-order valence-electron chi connectivity index (χ0n) is 13.7. The van der Waals surface area contributed by atoms with Gasteiger partial charge in [0.2, 0.25) is 0 Å². The second-order valence-electron chi connectivity index (χ2n) is 5.73. The monoisotopic (exact) mass is 394 g/mol. The van der Waals surface area contributed by atoms with Gasteiger partial charge >= 0.3 is 0 Å². The first-order chi connectivity index (χ1) is 10.4. The molecule has 0 aliphatic rings. The van der Waals surface area contributed by atoms with Crippen LogP contribution in [-0.4, -0.2) is 37.9 Å². The van der Waals surface area contributed by atoms with Gasteiger partial charge in [0, 0.05) is 17.6 Å². The highest BCUT2D eigenvalue weighted by Gasteiger charge is 2.18. The number of sulfone groups is 1. The molecule has 0 saturated carbocycles. The van der Waals surface area contributed by atoms with Crippen molar-refractivity contribution in [1.82, 2.24) is 4.98 Å². The number of fused-ring (bicyclic) bond motifs is 1. The first kappa shape index (κ1) is 23.1. The summed E-state index contributed by atoms with van der Waals surface area (Å²) in [6, 6.07) is 8.96. The predicted octanol–water partition coefficient (Wildman–Crippen LogP) is 2.75. The van der Waals surface area contributed by atoms with Gasteiger partial charge in [-0.25, -0.2) is 8.42 Å². The Morgan fingerprint density at radius 3 is 2.54 bits per heavy atom. The van der Waals surface area contributed by atoms with Crippen LogP contribution in [0.4, 0.5) is 0 Å². The highest BCUT2D eigenvalue weighted by Crippen LogP contribution is 2.15. The van der Waals surface area contributed by atoms with E-state index in [0.29, 0.717) is 5.56 Å². The van der Waals surface area contributed by atoms with Gasteiger partial charge in [0.1, 0.15) is 0 Å². The van der Waals surface area contributed by atoms with Gasteiger partial charge in [-0.05, 0) is 31.5 Å². The Labute approximate surface area is 155 Å². The molecule has 0 aliphatic carbocycles. The molecule has 1 aromatic heterocycles. The summed E-state index contributed by atoms with van der Waals surface area (Å²) in [4.78, 5) is 4.28. The molecule has 24 heavy (non-hydrogen) atoms. The van der Waals surface area contributed by atoms with Crippen LogP contribution < -0.4 is 5.73 Å². The highest BCUT2D eigenvalue weighted by atomic mass is 35.5. The summed E-state index contributed by atoms with van der Waals surface area (Å²) >= 11 is 0. The summed E-state index contributed by atoms with van der Waals surface area (Å²) in [7, 11) is -3.30. The molecule has 0 fully saturated rings. The molecule has 0 spiro atoms. The second kappa shape index (κ2) is 10.2. The zero-order chi connectivity index (χ0) is 16.2. The fourth-order valence-corrected chi connectivity index (χ4v) is 3.73. The lowest BCUT2D eigenvalue weighted by Gasteiger charge is -2.14. The maximum Gasteiger partial charge on any atom is 0.156 e. The Kier molecular flexibility index (Phi) is 9.77. The van der Waals surface area contributed by atoms with Crippen molar-refractivity contribution in [3.05, 3.63) is 42.1 Å². The smallest absolute Gasteiger partial charge is 0.156 e. The SMILES string of the molecule is CC(C)OC[C@H](N)CS(=O)(=O)Cc1cnc2ccccc2c1.Cl.Cl. The highest BCUT2D eigenvalue weighted by molar-refractivity contribution is 7.90. The maximum atomic E-state index is 12.2. The molecule has 2 N–H and O–H groups in total. The van der Waals surface area contributed by atoms with Gasteiger partial charge in [0.15, 0.2) is 9.84 Å². The van der Waals surface area contributed by atoms with E-state index >= 15 is 0 Å². The summed E-state index contributed by atoms with van der Waals surface area (Å²) in [6.45, 7) is 4.02. The average Bonchev–Trinajstić information content (AvgIpc) is 2.44. The molecule has 0 bridgehead atoms. The van der Waals surface area contributed by atoms with Crippen molar-refractivity contribution in [1.29, 1.82) is 0 Å². The van der Waals surface area contributed by atoms with E-state index in [1.165, 1.54) is 0 Å². The molecule has 0 amide bonds. The van der Waals surface area contributed by atoms with Crippen LogP contribution in [0.5, 0.6) is 0 Å². The number of hydrogen-bond donors (Lipinski definition) is 1. The van der Waals surface area contributed by atoms with Crippen molar-refractivity contribution in [2.75, 3.05) is 12.4 Å². The van der Waals surface area contributed by atoms with E-state index in [4.69, 9.17) is 10.5 Å². The van der Waals surface area contributed by atoms with Gasteiger partial charge in [-0.1, -0.05) is 18.2 Å². The summed E-state index contributed by atoms with van der Waals surface area (Å²) in [6.07, 6.45) is 1.65. The van der Waals surface area contributed by atoms with Gasteiger partial charge in [0.25, 0.3) is 0 Å². The molecule has 0 aliphatic heterocycles.